The summed E-state index contributed by atoms with van der Waals surface area (Å²) in [5.74, 6) is 2.01. The molecule has 2 N–H and O–H groups in total. The Balaban J connectivity index is 1.24. The lowest BCUT2D eigenvalue weighted by atomic mass is 10.0. The summed E-state index contributed by atoms with van der Waals surface area (Å²) in [4.78, 5) is 28.2. The third kappa shape index (κ3) is 6.78. The Kier molecular flexibility index (Phi) is 8.93. The predicted molar refractivity (Wildman–Crippen MR) is 158 cm³/mol. The molecule has 2 aromatic carbocycles. The largest absolute Gasteiger partial charge is 0.493 e. The van der Waals surface area contributed by atoms with Crippen LogP contribution in [0, 0.1) is 0 Å². The molecule has 0 spiro atoms. The van der Waals surface area contributed by atoms with E-state index in [-0.39, 0.29) is 5.91 Å². The molecule has 9 nitrogen and oxygen atoms in total. The van der Waals surface area contributed by atoms with Gasteiger partial charge < -0.3 is 25.0 Å². The van der Waals surface area contributed by atoms with Crippen molar-refractivity contribution >= 4 is 45.7 Å². The van der Waals surface area contributed by atoms with Gasteiger partial charge in [-0.25, -0.2) is 15.0 Å². The van der Waals surface area contributed by atoms with E-state index in [1.807, 2.05) is 18.2 Å². The highest BCUT2D eigenvalue weighted by atomic mass is 35.5. The fourth-order valence-corrected chi connectivity index (χ4v) is 5.06. The van der Waals surface area contributed by atoms with Crippen molar-refractivity contribution in [2.24, 2.45) is 0 Å². The number of methoxy groups -OCH3 is 1. The number of aromatic nitrogens is 3. The number of anilines is 3. The smallest absolute Gasteiger partial charge is 0.256 e. The summed E-state index contributed by atoms with van der Waals surface area (Å²) in [6.45, 7) is 5.11. The minimum absolute atomic E-state index is 0.288. The number of pyridine rings is 1. The van der Waals surface area contributed by atoms with Crippen molar-refractivity contribution in [3.63, 3.8) is 0 Å². The Hall–Kier alpha value is -3.95. The zero-order chi connectivity index (χ0) is 27.9. The van der Waals surface area contributed by atoms with E-state index in [9.17, 15) is 4.79 Å². The number of carbonyl (C=O) groups is 1. The maximum absolute atomic E-state index is 12.5. The molecule has 1 aliphatic heterocycles. The third-order valence-corrected chi connectivity index (χ3v) is 7.30. The second-order valence-corrected chi connectivity index (χ2v) is 10.3. The highest BCUT2D eigenvalue weighted by molar-refractivity contribution is 6.31. The number of rotatable bonds is 10. The standard InChI is InChI=1S/C30H33ClN6O3/c1-20-7-3-4-12-37(20)13-6-14-40-27-17-25-24(16-26(27)39-2)29(34-19-33-25)35-23-10-11-28(32-18-23)36-30(38)21-8-5-9-22(31)15-21/h5,8-11,15-20H,3-4,6-7,12-14H2,1-2H3,(H,32,36,38)(H,33,34,35). The van der Waals surface area contributed by atoms with E-state index < -0.39 is 0 Å². The lowest BCUT2D eigenvalue weighted by Crippen LogP contribution is -2.38. The van der Waals surface area contributed by atoms with Gasteiger partial charge >= 0.3 is 0 Å². The van der Waals surface area contributed by atoms with E-state index in [1.54, 1.807) is 43.6 Å². The highest BCUT2D eigenvalue weighted by Crippen LogP contribution is 2.35. The summed E-state index contributed by atoms with van der Waals surface area (Å²) in [6.07, 6.45) is 7.96. The molecule has 4 aromatic rings. The first kappa shape index (κ1) is 27.6. The number of hydrogen-bond acceptors (Lipinski definition) is 8. The van der Waals surface area contributed by atoms with Crippen LogP contribution in [-0.4, -0.2) is 58.6 Å². The molecule has 1 unspecified atom stereocenters. The molecule has 1 saturated heterocycles. The summed E-state index contributed by atoms with van der Waals surface area (Å²) in [5.41, 5.74) is 1.89. The van der Waals surface area contributed by atoms with Crippen molar-refractivity contribution in [3.05, 3.63) is 71.6 Å². The fraction of sp³-hybridized carbons (Fsp3) is 0.333. The van der Waals surface area contributed by atoms with Crippen LogP contribution in [0.2, 0.25) is 5.02 Å². The Bertz CT molecular complexity index is 1470. The number of piperidine rings is 1. The molecule has 208 valence electrons. The average Bonchev–Trinajstić information content (AvgIpc) is 2.97. The molecular formula is C30H33ClN6O3. The topological polar surface area (TPSA) is 102 Å². The van der Waals surface area contributed by atoms with Crippen molar-refractivity contribution in [3.8, 4) is 11.5 Å². The number of likely N-dealkylation sites (tertiary alicyclic amines) is 1. The van der Waals surface area contributed by atoms with E-state index in [0.717, 1.165) is 23.9 Å². The summed E-state index contributed by atoms with van der Waals surface area (Å²) in [6, 6.07) is 14.7. The van der Waals surface area contributed by atoms with Gasteiger partial charge in [0.1, 0.15) is 18.0 Å². The Labute approximate surface area is 238 Å². The number of ether oxygens (including phenoxy) is 2. The normalized spacial score (nSPS) is 15.5. The van der Waals surface area contributed by atoms with E-state index >= 15 is 0 Å². The second kappa shape index (κ2) is 12.9. The highest BCUT2D eigenvalue weighted by Gasteiger charge is 2.18. The number of fused-ring (bicyclic) bond motifs is 1. The first-order valence-electron chi connectivity index (χ1n) is 13.5. The van der Waals surface area contributed by atoms with Crippen LogP contribution in [0.5, 0.6) is 11.5 Å². The third-order valence-electron chi connectivity index (χ3n) is 7.06. The molecule has 0 bridgehead atoms. The van der Waals surface area contributed by atoms with E-state index in [1.165, 1.54) is 32.1 Å². The van der Waals surface area contributed by atoms with Gasteiger partial charge in [0.25, 0.3) is 5.91 Å². The molecule has 1 aliphatic rings. The predicted octanol–water partition coefficient (Wildman–Crippen LogP) is 6.33. The van der Waals surface area contributed by atoms with E-state index in [0.29, 0.717) is 52.1 Å². The van der Waals surface area contributed by atoms with Crippen LogP contribution in [-0.2, 0) is 0 Å². The van der Waals surface area contributed by atoms with Crippen LogP contribution in [0.25, 0.3) is 10.9 Å². The molecule has 1 fully saturated rings. The van der Waals surface area contributed by atoms with E-state index in [2.05, 4.69) is 37.4 Å². The van der Waals surface area contributed by atoms with E-state index in [4.69, 9.17) is 21.1 Å². The zero-order valence-electron chi connectivity index (χ0n) is 22.7. The molecule has 10 heteroatoms. The first-order valence-corrected chi connectivity index (χ1v) is 13.9. The lowest BCUT2D eigenvalue weighted by molar-refractivity contribution is 0.102. The van der Waals surface area contributed by atoms with Crippen LogP contribution in [0.4, 0.5) is 17.3 Å². The lowest BCUT2D eigenvalue weighted by Gasteiger charge is -2.33. The molecular weight excluding hydrogens is 528 g/mol. The minimum atomic E-state index is -0.288. The molecule has 0 radical (unpaired) electrons. The van der Waals surface area contributed by atoms with Crippen molar-refractivity contribution in [2.45, 2.75) is 38.6 Å². The summed E-state index contributed by atoms with van der Waals surface area (Å²) < 4.78 is 11.8. The Morgan fingerprint density at radius 2 is 2.00 bits per heavy atom. The van der Waals surface area contributed by atoms with Crippen molar-refractivity contribution in [2.75, 3.05) is 37.4 Å². The number of halogens is 1. The molecule has 1 atom stereocenters. The molecule has 40 heavy (non-hydrogen) atoms. The van der Waals surface area contributed by atoms with Crippen LogP contribution in [0.3, 0.4) is 0 Å². The summed E-state index contributed by atoms with van der Waals surface area (Å²) in [5, 5.41) is 7.34. The van der Waals surface area contributed by atoms with Crippen LogP contribution in [0.1, 0.15) is 43.0 Å². The fourth-order valence-electron chi connectivity index (χ4n) is 4.87. The van der Waals surface area contributed by atoms with Gasteiger partial charge in [-0.05, 0) is 69.1 Å². The number of amides is 1. The van der Waals surface area contributed by atoms with Gasteiger partial charge in [0.05, 0.1) is 31.1 Å². The van der Waals surface area contributed by atoms with Gasteiger partial charge in [0.15, 0.2) is 11.5 Å². The number of hydrogen-bond donors (Lipinski definition) is 2. The molecule has 0 aliphatic carbocycles. The molecule has 5 rings (SSSR count). The molecule has 1 amide bonds. The molecule has 3 heterocycles. The number of carbonyl (C=O) groups excluding carboxylic acids is 1. The summed E-state index contributed by atoms with van der Waals surface area (Å²) in [7, 11) is 1.63. The van der Waals surface area contributed by atoms with Gasteiger partial charge in [0.2, 0.25) is 0 Å². The number of nitrogens with one attached hydrogen (secondary N) is 2. The van der Waals surface area contributed by atoms with Gasteiger partial charge in [0, 0.05) is 34.6 Å². The minimum Gasteiger partial charge on any atom is -0.493 e. The van der Waals surface area contributed by atoms with Gasteiger partial charge in [-0.1, -0.05) is 24.1 Å². The zero-order valence-corrected chi connectivity index (χ0v) is 23.4. The SMILES string of the molecule is COc1cc2c(Nc3ccc(NC(=O)c4cccc(Cl)c4)nc3)ncnc2cc1OCCCN1CCCCC1C. The second-order valence-electron chi connectivity index (χ2n) is 9.85. The number of benzene rings is 2. The van der Waals surface area contributed by atoms with Crippen LogP contribution < -0.4 is 20.1 Å². The van der Waals surface area contributed by atoms with Crippen molar-refractivity contribution in [1.29, 1.82) is 0 Å². The Morgan fingerprint density at radius 1 is 1.10 bits per heavy atom. The maximum atomic E-state index is 12.5. The van der Waals surface area contributed by atoms with Gasteiger partial charge in [-0.15, -0.1) is 0 Å². The maximum Gasteiger partial charge on any atom is 0.256 e. The van der Waals surface area contributed by atoms with Crippen molar-refractivity contribution < 1.29 is 14.3 Å². The van der Waals surface area contributed by atoms with Gasteiger partial charge in [-0.2, -0.15) is 0 Å². The summed E-state index contributed by atoms with van der Waals surface area (Å²) >= 11 is 5.99. The average molecular weight is 561 g/mol. The van der Waals surface area contributed by atoms with Gasteiger partial charge in [-0.3, -0.25) is 4.79 Å². The monoisotopic (exact) mass is 560 g/mol. The van der Waals surface area contributed by atoms with Crippen LogP contribution >= 0.6 is 11.6 Å². The van der Waals surface area contributed by atoms with Crippen LogP contribution in [0.15, 0.2) is 61.1 Å². The first-order chi connectivity index (χ1) is 19.5. The Morgan fingerprint density at radius 3 is 2.77 bits per heavy atom. The van der Waals surface area contributed by atoms with Crippen molar-refractivity contribution in [1.82, 2.24) is 19.9 Å². The number of nitrogens with zero attached hydrogens (tertiary/aromatic N) is 4. The quantitative estimate of drug-likeness (QED) is 0.217. The molecule has 2 aromatic heterocycles. The molecule has 0 saturated carbocycles.